The van der Waals surface area contributed by atoms with Gasteiger partial charge in [-0.2, -0.15) is 21.0 Å². The van der Waals surface area contributed by atoms with Crippen molar-refractivity contribution in [1.29, 1.82) is 21.0 Å². The standard InChI is InChI=1S/2C24H15N2.2C18H11N2.4C12H10N.4Ir/c25-17-23-21(18-8-2-1-3-9-18)12-7-13-22(23)19-10-6-11-20(16-19)24-14-4-5-15-26-24;25-17-22-15-19(18-7-2-1-3-8-18)12-13-23(22)20-9-6-10-21(16-20)24-11-4-5-14-26-24;19-13-14-5-3-6-15(11-14)16-7-4-8-17(12-16)18-9-1-2-10-20-18;19-13-16-6-1-2-9-17(16)14-7-5-8-15(12-14)18-10-3-4-11-20-18;4*1-10-6-5-9-12(13-10)11-7-3-2-4-8-11;;;;/h1-10,12-16H;1-9,11-16H;2*1-7,9-12H;4*2-7,9H,1H3;;;;/q8*-1;;;;. The number of nitrogens with zero attached hydrogens (tertiary/aromatic N) is 12. The second-order valence-corrected chi connectivity index (χ2v) is 32.4. The van der Waals surface area contributed by atoms with Crippen molar-refractivity contribution in [2.45, 2.75) is 27.7 Å². The van der Waals surface area contributed by atoms with E-state index in [0.29, 0.717) is 22.3 Å². The Kier molecular flexibility index (Phi) is 44.5. The van der Waals surface area contributed by atoms with Gasteiger partial charge in [0, 0.05) is 134 Å². The van der Waals surface area contributed by atoms with Crippen molar-refractivity contribution in [2.24, 2.45) is 0 Å². The topological polar surface area (TPSA) is 198 Å². The number of nitriles is 4. The Morgan fingerprint density at radius 1 is 0.182 bits per heavy atom. The predicted octanol–water partition coefficient (Wildman–Crippen LogP) is 31.1. The molecular formula is C132H92Ir4N12-8. The molecule has 12 nitrogen and oxygen atoms in total. The fourth-order valence-electron chi connectivity index (χ4n) is 15.3. The Morgan fingerprint density at radius 3 is 0.818 bits per heavy atom. The Morgan fingerprint density at radius 2 is 0.466 bits per heavy atom. The number of aromatic nitrogens is 8. The molecule has 14 aromatic carbocycles. The van der Waals surface area contributed by atoms with Crippen LogP contribution in [0.2, 0.25) is 0 Å². The van der Waals surface area contributed by atoms with E-state index in [-0.39, 0.29) is 80.4 Å². The third-order valence-corrected chi connectivity index (χ3v) is 22.3. The second-order valence-electron chi connectivity index (χ2n) is 32.4. The fraction of sp³-hybridized carbons (Fsp3) is 0.0303. The first-order valence-corrected chi connectivity index (χ1v) is 46.5. The van der Waals surface area contributed by atoms with Gasteiger partial charge in [0.15, 0.2) is 0 Å². The summed E-state index contributed by atoms with van der Waals surface area (Å²) in [5.74, 6) is 0. The quantitative estimate of drug-likeness (QED) is 0.0935. The van der Waals surface area contributed by atoms with Gasteiger partial charge in [0.1, 0.15) is 6.07 Å². The molecule has 22 rings (SSSR count). The number of hydrogen-bond acceptors (Lipinski definition) is 12. The van der Waals surface area contributed by atoms with Crippen molar-refractivity contribution >= 4 is 0 Å². The molecule has 0 aliphatic rings. The Hall–Kier alpha value is -17.2. The Bertz CT molecular complexity index is 7760. The second kappa shape index (κ2) is 59.2. The normalized spacial score (nSPS) is 9.78. The van der Waals surface area contributed by atoms with Gasteiger partial charge in [-0.3, -0.25) is 0 Å². The van der Waals surface area contributed by atoms with E-state index < -0.39 is 0 Å². The first-order valence-electron chi connectivity index (χ1n) is 46.5. The van der Waals surface area contributed by atoms with Gasteiger partial charge in [0.05, 0.1) is 40.5 Å². The Balaban J connectivity index is 0.000000162. The molecule has 0 fully saturated rings. The van der Waals surface area contributed by atoms with E-state index in [1.807, 2.05) is 477 Å². The van der Waals surface area contributed by atoms with Gasteiger partial charge in [-0.25, -0.2) is 0 Å². The van der Waals surface area contributed by atoms with E-state index in [0.717, 1.165) is 180 Å². The summed E-state index contributed by atoms with van der Waals surface area (Å²) in [4.78, 5) is 35.1. The minimum atomic E-state index is 0. The largest absolute Gasteiger partial charge is 0.305 e. The molecule has 0 atom stereocenters. The monoisotopic (exact) mass is 2620 g/mol. The summed E-state index contributed by atoms with van der Waals surface area (Å²) in [5, 5.41) is 37.7. The zero-order valence-electron chi connectivity index (χ0n) is 80.9. The SMILES string of the molecule is Cc1cccc(-c2[c-]cccc2)n1.Cc1cccc(-c2[c-]cccc2)n1.Cc1cccc(-c2[c-]cccc2)n1.Cc1cccc(-c2[c-]cccc2)n1.N#Cc1c(-c2ccccc2)cccc1-c1cc[c-]c(-c2ccccn2)c1.N#Cc1cc(-c2ccccc2)ccc1-c1cc[c-]c(-c2ccccn2)c1.N#Cc1cccc(-c2cc[c-]c(-c3ccccn3)c2)c1.N#Cc1ccccc1-c1cc[c-]c(-c2ccccn2)c1.[Ir].[Ir].[Ir].[Ir]. The van der Waals surface area contributed by atoms with Crippen LogP contribution in [-0.4, -0.2) is 39.9 Å². The molecule has 0 saturated carbocycles. The van der Waals surface area contributed by atoms with E-state index in [4.69, 9.17) is 5.26 Å². The van der Waals surface area contributed by atoms with Crippen LogP contribution in [0.25, 0.3) is 157 Å². The van der Waals surface area contributed by atoms with Crippen LogP contribution in [-0.2, 0) is 80.4 Å². The van der Waals surface area contributed by atoms with Gasteiger partial charge >= 0.3 is 0 Å². The van der Waals surface area contributed by atoms with E-state index >= 15 is 0 Å². The van der Waals surface area contributed by atoms with Gasteiger partial charge in [0.25, 0.3) is 0 Å². The van der Waals surface area contributed by atoms with Crippen LogP contribution in [0.3, 0.4) is 0 Å². The minimum absolute atomic E-state index is 0. The maximum atomic E-state index is 9.84. The molecule has 0 aliphatic heterocycles. The zero-order chi connectivity index (χ0) is 99.5. The van der Waals surface area contributed by atoms with Gasteiger partial charge in [0.2, 0.25) is 0 Å². The first-order chi connectivity index (χ1) is 70.9. The number of pyridine rings is 8. The number of hydrogen-bond donors (Lipinski definition) is 0. The average molecular weight is 2620 g/mol. The summed E-state index contributed by atoms with van der Waals surface area (Å²) in [7, 11) is 0. The Labute approximate surface area is 921 Å². The maximum Gasteiger partial charge on any atom is 0.100 e. The number of rotatable bonds is 14. The molecule has 148 heavy (non-hydrogen) atoms. The first kappa shape index (κ1) is 111. The molecule has 0 N–H and O–H groups in total. The molecule has 0 spiro atoms. The van der Waals surface area contributed by atoms with Crippen molar-refractivity contribution in [2.75, 3.05) is 0 Å². The summed E-state index contributed by atoms with van der Waals surface area (Å²) >= 11 is 0. The van der Waals surface area contributed by atoms with Crippen LogP contribution < -0.4 is 0 Å². The minimum Gasteiger partial charge on any atom is -0.305 e. The predicted molar refractivity (Wildman–Crippen MR) is 578 cm³/mol. The molecule has 16 heteroatoms. The van der Waals surface area contributed by atoms with Gasteiger partial charge in [-0.05, 0) is 185 Å². The van der Waals surface area contributed by atoms with Crippen LogP contribution in [0.1, 0.15) is 45.0 Å². The zero-order valence-corrected chi connectivity index (χ0v) is 90.5. The smallest absolute Gasteiger partial charge is 0.100 e. The summed E-state index contributed by atoms with van der Waals surface area (Å²) < 4.78 is 0. The van der Waals surface area contributed by atoms with Crippen LogP contribution in [0.15, 0.2) is 486 Å². The molecule has 8 heterocycles. The molecule has 0 unspecified atom stereocenters. The molecule has 4 radical (unpaired) electrons. The molecular weight excluding hydrogens is 2520 g/mol. The van der Waals surface area contributed by atoms with Gasteiger partial charge in [-0.15, -0.1) is 268 Å². The molecule has 22 aromatic rings. The summed E-state index contributed by atoms with van der Waals surface area (Å²) in [6.07, 6.45) is 7.07. The molecule has 0 aliphatic carbocycles. The third-order valence-electron chi connectivity index (χ3n) is 22.3. The maximum absolute atomic E-state index is 9.84. The van der Waals surface area contributed by atoms with Crippen LogP contribution in [0.4, 0.5) is 0 Å². The van der Waals surface area contributed by atoms with Crippen LogP contribution in [0, 0.1) is 122 Å². The van der Waals surface area contributed by atoms with E-state index in [9.17, 15) is 15.8 Å². The fourth-order valence-corrected chi connectivity index (χ4v) is 15.3. The molecule has 0 saturated heterocycles. The number of aryl methyl sites for hydroxylation is 4. The van der Waals surface area contributed by atoms with Crippen molar-refractivity contribution in [3.63, 3.8) is 0 Å². The van der Waals surface area contributed by atoms with Crippen molar-refractivity contribution in [1.82, 2.24) is 39.9 Å². The summed E-state index contributed by atoms with van der Waals surface area (Å²) in [5.41, 5.74) is 34.1. The van der Waals surface area contributed by atoms with Crippen molar-refractivity contribution in [3.05, 3.63) is 579 Å². The molecule has 0 amide bonds. The van der Waals surface area contributed by atoms with E-state index in [1.165, 1.54) is 0 Å². The van der Waals surface area contributed by atoms with Crippen LogP contribution >= 0.6 is 0 Å². The molecule has 0 bridgehead atoms. The van der Waals surface area contributed by atoms with Crippen LogP contribution in [0.5, 0.6) is 0 Å². The van der Waals surface area contributed by atoms with Gasteiger partial charge < -0.3 is 39.9 Å². The third kappa shape index (κ3) is 32.4. The molecule has 724 valence electrons. The summed E-state index contributed by atoms with van der Waals surface area (Å²) in [6.45, 7) is 7.97. The van der Waals surface area contributed by atoms with E-state index in [1.54, 1.807) is 30.9 Å². The van der Waals surface area contributed by atoms with Crippen molar-refractivity contribution in [3.8, 4) is 181 Å². The van der Waals surface area contributed by atoms with Crippen molar-refractivity contribution < 1.29 is 80.4 Å². The van der Waals surface area contributed by atoms with Gasteiger partial charge in [-0.1, -0.05) is 235 Å². The molecule has 8 aromatic heterocycles. The number of benzene rings is 14. The van der Waals surface area contributed by atoms with E-state index in [2.05, 4.69) is 119 Å². The average Bonchev–Trinajstić information content (AvgIpc) is 0.801. The summed E-state index contributed by atoms with van der Waals surface area (Å²) in [6, 6.07) is 184.